The average Bonchev–Trinajstić information content (AvgIpc) is 3.04. The maximum Gasteiger partial charge on any atom is 0.231 e. The molecule has 1 aromatic carbocycles. The molecule has 0 saturated carbocycles. The van der Waals surface area contributed by atoms with E-state index >= 15 is 0 Å². The number of ether oxygens (including phenoxy) is 2. The molecule has 0 aromatic heterocycles. The second-order valence-corrected chi connectivity index (χ2v) is 4.90. The third-order valence-electron chi connectivity index (χ3n) is 3.72. The molecule has 2 heterocycles. The predicted molar refractivity (Wildman–Crippen MR) is 70.2 cm³/mol. The topological polar surface area (TPSA) is 50.8 Å². The van der Waals surface area contributed by atoms with E-state index in [0.717, 1.165) is 30.0 Å². The van der Waals surface area contributed by atoms with Gasteiger partial charge in [-0.2, -0.15) is 0 Å². The van der Waals surface area contributed by atoms with Crippen LogP contribution in [0, 0.1) is 0 Å². The molecular formula is C14H18N2O3. The molecule has 102 valence electrons. The summed E-state index contributed by atoms with van der Waals surface area (Å²) in [6.07, 6.45) is 1.65. The molecular weight excluding hydrogens is 244 g/mol. The Hall–Kier alpha value is -1.75. The smallest absolute Gasteiger partial charge is 0.231 e. The van der Waals surface area contributed by atoms with Gasteiger partial charge in [0.2, 0.25) is 12.7 Å². The Bertz CT molecular complexity index is 490. The maximum atomic E-state index is 11.7. The van der Waals surface area contributed by atoms with E-state index in [2.05, 4.69) is 5.32 Å². The number of hydrogen-bond donors (Lipinski definition) is 1. The van der Waals surface area contributed by atoms with E-state index in [-0.39, 0.29) is 18.7 Å². The first-order chi connectivity index (χ1) is 9.28. The van der Waals surface area contributed by atoms with Crippen LogP contribution in [0.15, 0.2) is 18.2 Å². The number of rotatable bonds is 4. The molecule has 1 unspecified atom stereocenters. The molecule has 1 fully saturated rings. The van der Waals surface area contributed by atoms with Crippen molar-refractivity contribution in [3.63, 3.8) is 0 Å². The lowest BCUT2D eigenvalue weighted by Gasteiger charge is -2.24. The number of amides is 1. The van der Waals surface area contributed by atoms with Gasteiger partial charge < -0.3 is 19.7 Å². The van der Waals surface area contributed by atoms with Crippen LogP contribution in [-0.4, -0.2) is 37.7 Å². The Morgan fingerprint density at radius 2 is 2.21 bits per heavy atom. The minimum atomic E-state index is 0.122. The van der Waals surface area contributed by atoms with E-state index in [9.17, 15) is 4.79 Å². The van der Waals surface area contributed by atoms with E-state index in [0.29, 0.717) is 13.0 Å². The van der Waals surface area contributed by atoms with Gasteiger partial charge in [0, 0.05) is 25.6 Å². The summed E-state index contributed by atoms with van der Waals surface area (Å²) in [5, 5.41) is 3.27. The van der Waals surface area contributed by atoms with Crippen LogP contribution in [0.4, 0.5) is 0 Å². The predicted octanol–water partition coefficient (Wildman–Crippen LogP) is 1.30. The summed E-state index contributed by atoms with van der Waals surface area (Å²) >= 11 is 0. The van der Waals surface area contributed by atoms with E-state index in [4.69, 9.17) is 9.47 Å². The zero-order valence-electron chi connectivity index (χ0n) is 11.0. The Morgan fingerprint density at radius 3 is 2.95 bits per heavy atom. The van der Waals surface area contributed by atoms with Crippen molar-refractivity contribution in [3.05, 3.63) is 23.8 Å². The Balaban J connectivity index is 1.76. The molecule has 0 spiro atoms. The number of likely N-dealkylation sites (tertiary alicyclic amines) is 1. The lowest BCUT2D eigenvalue weighted by Crippen LogP contribution is -2.34. The fourth-order valence-corrected chi connectivity index (χ4v) is 2.61. The van der Waals surface area contributed by atoms with Crippen LogP contribution >= 0.6 is 0 Å². The number of fused-ring (bicyclic) bond motifs is 1. The summed E-state index contributed by atoms with van der Waals surface area (Å²) in [6.45, 7) is 1.85. The van der Waals surface area contributed by atoms with Crippen LogP contribution in [0.3, 0.4) is 0 Å². The molecule has 5 nitrogen and oxygen atoms in total. The first kappa shape index (κ1) is 12.3. The van der Waals surface area contributed by atoms with E-state index in [1.807, 2.05) is 30.1 Å². The van der Waals surface area contributed by atoms with Gasteiger partial charge in [-0.25, -0.2) is 0 Å². The van der Waals surface area contributed by atoms with Gasteiger partial charge in [-0.15, -0.1) is 0 Å². The number of nitrogens with one attached hydrogen (secondary N) is 1. The van der Waals surface area contributed by atoms with Crippen molar-refractivity contribution in [3.8, 4) is 11.5 Å². The highest BCUT2D eigenvalue weighted by Gasteiger charge is 2.24. The van der Waals surface area contributed by atoms with Gasteiger partial charge >= 0.3 is 0 Å². The summed E-state index contributed by atoms with van der Waals surface area (Å²) < 4.78 is 10.7. The minimum absolute atomic E-state index is 0.122. The van der Waals surface area contributed by atoms with E-state index in [1.165, 1.54) is 0 Å². The van der Waals surface area contributed by atoms with Crippen molar-refractivity contribution in [2.24, 2.45) is 0 Å². The Morgan fingerprint density at radius 1 is 1.37 bits per heavy atom. The molecule has 2 aliphatic rings. The molecule has 0 radical (unpaired) electrons. The van der Waals surface area contributed by atoms with Crippen LogP contribution in [-0.2, 0) is 4.79 Å². The number of hydrogen-bond acceptors (Lipinski definition) is 4. The molecule has 1 aromatic rings. The number of carbonyl (C=O) groups excluding carboxylic acids is 1. The standard InChI is InChI=1S/C14H18N2O3/c1-15-11(8-16-6-2-3-14(16)17)10-4-5-12-13(7-10)19-9-18-12/h4-5,7,11,15H,2-3,6,8-9H2,1H3. The van der Waals surface area contributed by atoms with Gasteiger partial charge in [0.15, 0.2) is 11.5 Å². The second kappa shape index (κ2) is 5.09. The van der Waals surface area contributed by atoms with Crippen LogP contribution in [0.5, 0.6) is 11.5 Å². The zero-order valence-corrected chi connectivity index (χ0v) is 11.0. The highest BCUT2D eigenvalue weighted by molar-refractivity contribution is 5.78. The summed E-state index contributed by atoms with van der Waals surface area (Å²) in [5.41, 5.74) is 1.12. The summed E-state index contributed by atoms with van der Waals surface area (Å²) in [6, 6.07) is 6.06. The number of benzene rings is 1. The zero-order chi connectivity index (χ0) is 13.2. The van der Waals surface area contributed by atoms with Gasteiger partial charge in [0.25, 0.3) is 0 Å². The van der Waals surface area contributed by atoms with Gasteiger partial charge in [0.05, 0.1) is 0 Å². The average molecular weight is 262 g/mol. The molecule has 1 amide bonds. The van der Waals surface area contributed by atoms with Crippen LogP contribution in [0.2, 0.25) is 0 Å². The van der Waals surface area contributed by atoms with Crippen LogP contribution < -0.4 is 14.8 Å². The lowest BCUT2D eigenvalue weighted by atomic mass is 10.1. The second-order valence-electron chi connectivity index (χ2n) is 4.90. The van der Waals surface area contributed by atoms with E-state index < -0.39 is 0 Å². The fraction of sp³-hybridized carbons (Fsp3) is 0.500. The fourth-order valence-electron chi connectivity index (χ4n) is 2.61. The highest BCUT2D eigenvalue weighted by atomic mass is 16.7. The maximum absolute atomic E-state index is 11.7. The third-order valence-corrected chi connectivity index (χ3v) is 3.72. The first-order valence-electron chi connectivity index (χ1n) is 6.62. The Labute approximate surface area is 112 Å². The highest BCUT2D eigenvalue weighted by Crippen LogP contribution is 2.34. The number of likely N-dealkylation sites (N-methyl/N-ethyl adjacent to an activating group) is 1. The van der Waals surface area contributed by atoms with Gasteiger partial charge in [-0.05, 0) is 31.2 Å². The van der Waals surface area contributed by atoms with Crippen molar-refractivity contribution in [1.82, 2.24) is 10.2 Å². The molecule has 19 heavy (non-hydrogen) atoms. The SMILES string of the molecule is CNC(CN1CCCC1=O)c1ccc2c(c1)OCO2. The Kier molecular flexibility index (Phi) is 3.29. The molecule has 5 heteroatoms. The molecule has 0 bridgehead atoms. The summed E-state index contributed by atoms with van der Waals surface area (Å²) in [7, 11) is 1.91. The number of nitrogens with zero attached hydrogens (tertiary/aromatic N) is 1. The van der Waals surface area contributed by atoms with Gasteiger partial charge in [0.1, 0.15) is 0 Å². The monoisotopic (exact) mass is 262 g/mol. The van der Waals surface area contributed by atoms with Crippen molar-refractivity contribution in [1.29, 1.82) is 0 Å². The van der Waals surface area contributed by atoms with Crippen molar-refractivity contribution in [2.45, 2.75) is 18.9 Å². The van der Waals surface area contributed by atoms with Crippen molar-refractivity contribution in [2.75, 3.05) is 26.9 Å². The van der Waals surface area contributed by atoms with Gasteiger partial charge in [-0.3, -0.25) is 4.79 Å². The number of carbonyl (C=O) groups is 1. The van der Waals surface area contributed by atoms with Crippen LogP contribution in [0.1, 0.15) is 24.4 Å². The van der Waals surface area contributed by atoms with Crippen LogP contribution in [0.25, 0.3) is 0 Å². The molecule has 0 aliphatic carbocycles. The van der Waals surface area contributed by atoms with E-state index in [1.54, 1.807) is 0 Å². The molecule has 1 N–H and O–H groups in total. The quantitative estimate of drug-likeness (QED) is 0.888. The third kappa shape index (κ3) is 2.38. The van der Waals surface area contributed by atoms with Crippen molar-refractivity contribution < 1.29 is 14.3 Å². The molecule has 3 rings (SSSR count). The lowest BCUT2D eigenvalue weighted by molar-refractivity contribution is -0.128. The molecule has 1 saturated heterocycles. The minimum Gasteiger partial charge on any atom is -0.454 e. The summed E-state index contributed by atoms with van der Waals surface area (Å²) in [4.78, 5) is 13.6. The van der Waals surface area contributed by atoms with Crippen molar-refractivity contribution >= 4 is 5.91 Å². The first-order valence-corrected chi connectivity index (χ1v) is 6.62. The molecule has 2 aliphatic heterocycles. The summed E-state index contributed by atoms with van der Waals surface area (Å²) in [5.74, 6) is 1.82. The normalized spacial score (nSPS) is 19.0. The largest absolute Gasteiger partial charge is 0.454 e. The molecule has 1 atom stereocenters. The van der Waals surface area contributed by atoms with Gasteiger partial charge in [-0.1, -0.05) is 6.07 Å².